The zero-order chi connectivity index (χ0) is 14.0. The Morgan fingerprint density at radius 2 is 2.11 bits per heavy atom. The van der Waals surface area contributed by atoms with E-state index in [1.165, 1.54) is 6.07 Å². The number of hydrogen-bond acceptors (Lipinski definition) is 6. The first-order chi connectivity index (χ1) is 9.01. The first kappa shape index (κ1) is 13.2. The molecule has 0 amide bonds. The minimum atomic E-state index is -0.585. The van der Waals surface area contributed by atoms with Crippen LogP contribution in [0.5, 0.6) is 0 Å². The molecule has 0 aromatic carbocycles. The highest BCUT2D eigenvalue weighted by atomic mass is 16.6. The van der Waals surface area contributed by atoms with Crippen LogP contribution in [0, 0.1) is 21.4 Å². The highest BCUT2D eigenvalue weighted by molar-refractivity contribution is 5.52. The molecule has 1 aromatic heterocycles. The molecule has 1 saturated heterocycles. The predicted molar refractivity (Wildman–Crippen MR) is 69.9 cm³/mol. The van der Waals surface area contributed by atoms with Gasteiger partial charge in [-0.25, -0.2) is 4.98 Å². The summed E-state index contributed by atoms with van der Waals surface area (Å²) < 4.78 is 0. The average molecular weight is 261 g/mol. The van der Waals surface area contributed by atoms with Gasteiger partial charge in [-0.1, -0.05) is 0 Å². The molecule has 2 unspecified atom stereocenters. The van der Waals surface area contributed by atoms with E-state index in [1.807, 2.05) is 4.90 Å². The standard InChI is InChI=1S/C12H15N5O2/c1-8-6-16(7-9(2)14-8)12-4-3-11(17(18)19)10(5-13)15-12/h3-4,8-9,14H,6-7H2,1-2H3. The van der Waals surface area contributed by atoms with Gasteiger partial charge < -0.3 is 10.2 Å². The summed E-state index contributed by atoms with van der Waals surface area (Å²) in [5.41, 5.74) is -0.385. The van der Waals surface area contributed by atoms with Gasteiger partial charge in [0, 0.05) is 31.2 Å². The van der Waals surface area contributed by atoms with E-state index < -0.39 is 4.92 Å². The van der Waals surface area contributed by atoms with Crippen molar-refractivity contribution in [3.05, 3.63) is 27.9 Å². The van der Waals surface area contributed by atoms with E-state index in [0.29, 0.717) is 17.9 Å². The van der Waals surface area contributed by atoms with Crippen LogP contribution in [0.15, 0.2) is 12.1 Å². The molecule has 2 heterocycles. The number of nitrogens with zero attached hydrogens (tertiary/aromatic N) is 4. The van der Waals surface area contributed by atoms with E-state index >= 15 is 0 Å². The maximum Gasteiger partial charge on any atom is 0.305 e. The van der Waals surface area contributed by atoms with Gasteiger partial charge >= 0.3 is 5.69 Å². The quantitative estimate of drug-likeness (QED) is 0.631. The third kappa shape index (κ3) is 2.80. The summed E-state index contributed by atoms with van der Waals surface area (Å²) in [6, 6.07) is 5.35. The number of nitro groups is 1. The molecule has 7 nitrogen and oxygen atoms in total. The first-order valence-electron chi connectivity index (χ1n) is 6.07. The highest BCUT2D eigenvalue weighted by Gasteiger charge is 2.24. The van der Waals surface area contributed by atoms with E-state index in [1.54, 1.807) is 12.1 Å². The van der Waals surface area contributed by atoms with Gasteiger partial charge in [-0.05, 0) is 19.9 Å². The third-order valence-electron chi connectivity index (χ3n) is 3.04. The van der Waals surface area contributed by atoms with Crippen molar-refractivity contribution in [1.82, 2.24) is 10.3 Å². The Morgan fingerprint density at radius 1 is 1.47 bits per heavy atom. The van der Waals surface area contributed by atoms with Gasteiger partial charge in [0.05, 0.1) is 4.92 Å². The lowest BCUT2D eigenvalue weighted by atomic mass is 10.1. The lowest BCUT2D eigenvalue weighted by Crippen LogP contribution is -2.54. The van der Waals surface area contributed by atoms with Crippen LogP contribution in [0.3, 0.4) is 0 Å². The molecule has 1 aromatic rings. The number of rotatable bonds is 2. The van der Waals surface area contributed by atoms with Crippen LogP contribution in [0.25, 0.3) is 0 Å². The van der Waals surface area contributed by atoms with Crippen molar-refractivity contribution in [2.45, 2.75) is 25.9 Å². The van der Waals surface area contributed by atoms with Crippen molar-refractivity contribution in [3.63, 3.8) is 0 Å². The zero-order valence-corrected chi connectivity index (χ0v) is 10.8. The molecule has 2 rings (SSSR count). The molecule has 0 bridgehead atoms. The van der Waals surface area contributed by atoms with Crippen LogP contribution < -0.4 is 10.2 Å². The minimum absolute atomic E-state index is 0.138. The largest absolute Gasteiger partial charge is 0.353 e. The minimum Gasteiger partial charge on any atom is -0.353 e. The second kappa shape index (κ2) is 5.20. The molecule has 0 spiro atoms. The summed E-state index contributed by atoms with van der Waals surface area (Å²) in [5, 5.41) is 23.1. The van der Waals surface area contributed by atoms with Crippen LogP contribution in [0.1, 0.15) is 19.5 Å². The monoisotopic (exact) mass is 261 g/mol. The Balaban J connectivity index is 2.31. The van der Waals surface area contributed by atoms with Gasteiger partial charge in [-0.3, -0.25) is 10.1 Å². The fourth-order valence-corrected chi connectivity index (χ4v) is 2.36. The molecule has 100 valence electrons. The molecule has 1 aliphatic heterocycles. The summed E-state index contributed by atoms with van der Waals surface area (Å²) in [6.07, 6.45) is 0. The highest BCUT2D eigenvalue weighted by Crippen LogP contribution is 2.22. The number of anilines is 1. The lowest BCUT2D eigenvalue weighted by Gasteiger charge is -2.36. The molecular weight excluding hydrogens is 246 g/mol. The Hall–Kier alpha value is -2.20. The maximum atomic E-state index is 10.8. The lowest BCUT2D eigenvalue weighted by molar-refractivity contribution is -0.385. The Bertz CT molecular complexity index is 529. The molecule has 1 N–H and O–H groups in total. The number of nitrogens with one attached hydrogen (secondary N) is 1. The van der Waals surface area contributed by atoms with Crippen LogP contribution in [0.2, 0.25) is 0 Å². The number of piperazine rings is 1. The normalized spacial score (nSPS) is 22.9. The third-order valence-corrected chi connectivity index (χ3v) is 3.04. The molecule has 0 aliphatic carbocycles. The van der Waals surface area contributed by atoms with Crippen molar-refractivity contribution >= 4 is 11.5 Å². The molecule has 1 fully saturated rings. The number of nitriles is 1. The fourth-order valence-electron chi connectivity index (χ4n) is 2.36. The number of pyridine rings is 1. The van der Waals surface area contributed by atoms with E-state index in [-0.39, 0.29) is 11.4 Å². The summed E-state index contributed by atoms with van der Waals surface area (Å²) in [5.74, 6) is 0.613. The van der Waals surface area contributed by atoms with Crippen LogP contribution in [-0.4, -0.2) is 35.1 Å². The summed E-state index contributed by atoms with van der Waals surface area (Å²) >= 11 is 0. The second-order valence-corrected chi connectivity index (χ2v) is 4.78. The molecule has 7 heteroatoms. The molecular formula is C12H15N5O2. The Morgan fingerprint density at radius 3 is 2.63 bits per heavy atom. The SMILES string of the molecule is CC1CN(c2ccc([N+](=O)[O-])c(C#N)n2)CC(C)N1. The molecule has 19 heavy (non-hydrogen) atoms. The van der Waals surface area contributed by atoms with E-state index in [9.17, 15) is 10.1 Å². The van der Waals surface area contributed by atoms with Crippen LogP contribution in [-0.2, 0) is 0 Å². The topological polar surface area (TPSA) is 95.1 Å². The van der Waals surface area contributed by atoms with Crippen LogP contribution in [0.4, 0.5) is 11.5 Å². The number of aromatic nitrogens is 1. The van der Waals surface area contributed by atoms with Crippen LogP contribution >= 0.6 is 0 Å². The first-order valence-corrected chi connectivity index (χ1v) is 6.07. The zero-order valence-electron chi connectivity index (χ0n) is 10.8. The average Bonchev–Trinajstić information content (AvgIpc) is 2.36. The fraction of sp³-hybridized carbons (Fsp3) is 0.500. The Labute approximate surface area is 111 Å². The maximum absolute atomic E-state index is 10.8. The summed E-state index contributed by atoms with van der Waals surface area (Å²) in [4.78, 5) is 16.3. The summed E-state index contributed by atoms with van der Waals surface area (Å²) in [6.45, 7) is 5.67. The molecule has 0 saturated carbocycles. The molecule has 1 aliphatic rings. The van der Waals surface area contributed by atoms with E-state index in [0.717, 1.165) is 13.1 Å². The van der Waals surface area contributed by atoms with E-state index in [2.05, 4.69) is 24.1 Å². The smallest absolute Gasteiger partial charge is 0.305 e. The molecule has 0 radical (unpaired) electrons. The summed E-state index contributed by atoms with van der Waals surface area (Å²) in [7, 11) is 0. The van der Waals surface area contributed by atoms with Gasteiger partial charge in [0.15, 0.2) is 0 Å². The second-order valence-electron chi connectivity index (χ2n) is 4.78. The van der Waals surface area contributed by atoms with Crippen molar-refractivity contribution < 1.29 is 4.92 Å². The molecule has 2 atom stereocenters. The van der Waals surface area contributed by atoms with Crippen molar-refractivity contribution in [1.29, 1.82) is 5.26 Å². The van der Waals surface area contributed by atoms with Crippen molar-refractivity contribution in [2.24, 2.45) is 0 Å². The van der Waals surface area contributed by atoms with Gasteiger partial charge in [0.2, 0.25) is 5.69 Å². The van der Waals surface area contributed by atoms with Gasteiger partial charge in [-0.2, -0.15) is 5.26 Å². The predicted octanol–water partition coefficient (Wildman–Crippen LogP) is 1.05. The Kier molecular flexibility index (Phi) is 3.62. The number of hydrogen-bond donors (Lipinski definition) is 1. The van der Waals surface area contributed by atoms with Gasteiger partial charge in [0.1, 0.15) is 11.9 Å². The van der Waals surface area contributed by atoms with E-state index in [4.69, 9.17) is 5.26 Å². The van der Waals surface area contributed by atoms with Crippen molar-refractivity contribution in [3.8, 4) is 6.07 Å². The van der Waals surface area contributed by atoms with Gasteiger partial charge in [-0.15, -0.1) is 0 Å². The van der Waals surface area contributed by atoms with Gasteiger partial charge in [0.25, 0.3) is 0 Å². The van der Waals surface area contributed by atoms with Crippen molar-refractivity contribution in [2.75, 3.05) is 18.0 Å².